The number of nitrogens with one attached hydrogen (secondary N) is 3. The van der Waals surface area contributed by atoms with Crippen LogP contribution >= 0.6 is 0 Å². The van der Waals surface area contributed by atoms with Crippen molar-refractivity contribution in [1.29, 1.82) is 0 Å². The van der Waals surface area contributed by atoms with Crippen molar-refractivity contribution in [2.24, 2.45) is 5.73 Å². The third-order valence-corrected chi connectivity index (χ3v) is 4.68. The van der Waals surface area contributed by atoms with E-state index in [0.717, 1.165) is 5.56 Å². The highest BCUT2D eigenvalue weighted by atomic mass is 19.4. The van der Waals surface area contributed by atoms with Crippen LogP contribution in [-0.2, 0) is 12.7 Å². The van der Waals surface area contributed by atoms with E-state index in [2.05, 4.69) is 20.8 Å². The number of benzene rings is 2. The number of nitrogens with zero attached hydrogens (tertiary/aromatic N) is 2. The highest BCUT2D eigenvalue weighted by Gasteiger charge is 2.31. The lowest BCUT2D eigenvalue weighted by Gasteiger charge is -2.22. The molecule has 0 fully saturated rings. The Labute approximate surface area is 185 Å². The highest BCUT2D eigenvalue weighted by Crippen LogP contribution is 2.32. The molecular weight excluding hydrogens is 444 g/mol. The molecule has 0 radical (unpaired) electrons. The Morgan fingerprint density at radius 3 is 2.58 bits per heavy atom. The lowest BCUT2D eigenvalue weighted by atomic mass is 10.1. The van der Waals surface area contributed by atoms with Crippen molar-refractivity contribution in [3.8, 4) is 0 Å². The largest absolute Gasteiger partial charge is 0.416 e. The Morgan fingerprint density at radius 2 is 1.91 bits per heavy atom. The Kier molecular flexibility index (Phi) is 6.85. The summed E-state index contributed by atoms with van der Waals surface area (Å²) in [4.78, 5) is 25.6. The average Bonchev–Trinajstić information content (AvgIpc) is 3.23. The van der Waals surface area contributed by atoms with Gasteiger partial charge in [0.2, 0.25) is 0 Å². The van der Waals surface area contributed by atoms with Gasteiger partial charge in [0.15, 0.2) is 5.69 Å². The van der Waals surface area contributed by atoms with Gasteiger partial charge in [-0.2, -0.15) is 18.3 Å². The number of H-pyrrole nitrogens is 1. The molecule has 174 valence electrons. The molecule has 1 heterocycles. The van der Waals surface area contributed by atoms with Gasteiger partial charge in [0, 0.05) is 25.0 Å². The zero-order valence-electron chi connectivity index (χ0n) is 17.3. The summed E-state index contributed by atoms with van der Waals surface area (Å²) in [5, 5.41) is 11.0. The van der Waals surface area contributed by atoms with Crippen LogP contribution in [0.1, 0.15) is 28.5 Å². The molecule has 0 bridgehead atoms. The number of carbonyl (C=O) groups excluding carboxylic acids is 2. The van der Waals surface area contributed by atoms with E-state index in [1.807, 2.05) is 11.8 Å². The van der Waals surface area contributed by atoms with E-state index in [1.165, 1.54) is 0 Å². The maximum atomic E-state index is 13.9. The molecule has 3 rings (SSSR count). The van der Waals surface area contributed by atoms with Crippen molar-refractivity contribution in [3.05, 3.63) is 71.3 Å². The summed E-state index contributed by atoms with van der Waals surface area (Å²) >= 11 is 0. The van der Waals surface area contributed by atoms with Gasteiger partial charge in [-0.1, -0.05) is 12.1 Å². The predicted octanol–water partition coefficient (Wildman–Crippen LogP) is 4.34. The molecule has 8 nitrogen and oxygen atoms in total. The number of amides is 3. The molecule has 0 spiro atoms. The van der Waals surface area contributed by atoms with Crippen molar-refractivity contribution < 1.29 is 27.2 Å². The summed E-state index contributed by atoms with van der Waals surface area (Å²) < 4.78 is 52.4. The smallest absolute Gasteiger partial charge is 0.364 e. The number of rotatable bonds is 7. The molecule has 12 heteroatoms. The van der Waals surface area contributed by atoms with Crippen LogP contribution < -0.4 is 21.3 Å². The molecule has 3 aromatic rings. The zero-order chi connectivity index (χ0) is 24.2. The van der Waals surface area contributed by atoms with E-state index < -0.39 is 35.2 Å². The Balaban J connectivity index is 1.72. The molecule has 3 amide bonds. The van der Waals surface area contributed by atoms with Crippen LogP contribution in [0.5, 0.6) is 0 Å². The molecule has 0 saturated carbocycles. The number of aromatic nitrogens is 2. The molecule has 0 atom stereocenters. The summed E-state index contributed by atoms with van der Waals surface area (Å²) in [6.45, 7) is 2.74. The minimum atomic E-state index is -4.68. The number of urea groups is 1. The van der Waals surface area contributed by atoms with Gasteiger partial charge in [-0.15, -0.1) is 0 Å². The Hall–Kier alpha value is -4.09. The van der Waals surface area contributed by atoms with Crippen molar-refractivity contribution in [2.45, 2.75) is 19.6 Å². The number of hydrogen-bond acceptors (Lipinski definition) is 4. The third-order valence-electron chi connectivity index (χ3n) is 4.68. The number of carbonyl (C=O) groups is 2. The van der Waals surface area contributed by atoms with E-state index >= 15 is 0 Å². The minimum absolute atomic E-state index is 0.0913. The van der Waals surface area contributed by atoms with Gasteiger partial charge in [0.1, 0.15) is 5.82 Å². The fourth-order valence-corrected chi connectivity index (χ4v) is 3.12. The molecule has 2 aromatic carbocycles. The van der Waals surface area contributed by atoms with E-state index in [0.29, 0.717) is 42.7 Å². The van der Waals surface area contributed by atoms with Gasteiger partial charge in [-0.05, 0) is 42.8 Å². The van der Waals surface area contributed by atoms with E-state index in [1.54, 1.807) is 30.5 Å². The molecule has 1 aromatic heterocycles. The lowest BCUT2D eigenvalue weighted by molar-refractivity contribution is -0.137. The van der Waals surface area contributed by atoms with Crippen LogP contribution in [0.4, 0.5) is 39.4 Å². The van der Waals surface area contributed by atoms with Gasteiger partial charge in [-0.3, -0.25) is 9.89 Å². The standard InChI is InChI=1S/C21H20F4N6O2/c1-2-31(17-10-27-30-18(17)19(26)32)11-12-4-3-5-14(8-12)28-20(33)29-16-9-13(21(23,24)25)6-7-15(16)22/h3-10H,2,11H2,1H3,(H2,26,32)(H,27,30)(H2,28,29,33). The second-order valence-electron chi connectivity index (χ2n) is 6.97. The van der Waals surface area contributed by atoms with Crippen LogP contribution in [-0.4, -0.2) is 28.7 Å². The molecule has 33 heavy (non-hydrogen) atoms. The van der Waals surface area contributed by atoms with Crippen LogP contribution in [0, 0.1) is 5.82 Å². The van der Waals surface area contributed by atoms with Crippen LogP contribution in [0.15, 0.2) is 48.7 Å². The van der Waals surface area contributed by atoms with Crippen LogP contribution in [0.3, 0.4) is 0 Å². The molecule has 0 unspecified atom stereocenters. The first-order valence-corrected chi connectivity index (χ1v) is 9.70. The first-order chi connectivity index (χ1) is 15.6. The molecular formula is C21H20F4N6O2. The summed E-state index contributed by atoms with van der Waals surface area (Å²) in [5.41, 5.74) is 5.33. The van der Waals surface area contributed by atoms with Gasteiger partial charge >= 0.3 is 12.2 Å². The highest BCUT2D eigenvalue weighted by molar-refractivity contribution is 6.00. The molecule has 0 saturated heterocycles. The summed E-state index contributed by atoms with van der Waals surface area (Å²) in [6, 6.07) is 7.47. The lowest BCUT2D eigenvalue weighted by Crippen LogP contribution is -2.25. The Morgan fingerprint density at radius 1 is 1.15 bits per heavy atom. The summed E-state index contributed by atoms with van der Waals surface area (Å²) in [5.74, 6) is -1.69. The number of alkyl halides is 3. The topological polar surface area (TPSA) is 116 Å². The number of primary amides is 1. The second kappa shape index (κ2) is 9.59. The predicted molar refractivity (Wildman–Crippen MR) is 114 cm³/mol. The summed E-state index contributed by atoms with van der Waals surface area (Å²) in [7, 11) is 0. The monoisotopic (exact) mass is 464 g/mol. The zero-order valence-corrected chi connectivity index (χ0v) is 17.3. The normalized spacial score (nSPS) is 11.2. The Bertz CT molecular complexity index is 1160. The van der Waals surface area contributed by atoms with E-state index in [9.17, 15) is 27.2 Å². The minimum Gasteiger partial charge on any atom is -0.364 e. The maximum absolute atomic E-state index is 13.9. The van der Waals surface area contributed by atoms with Gasteiger partial charge in [0.05, 0.1) is 16.9 Å². The van der Waals surface area contributed by atoms with Crippen molar-refractivity contribution >= 4 is 29.0 Å². The number of hydrogen-bond donors (Lipinski definition) is 4. The number of nitrogens with two attached hydrogens (primary N) is 1. The average molecular weight is 464 g/mol. The first kappa shape index (κ1) is 23.6. The van der Waals surface area contributed by atoms with Crippen LogP contribution in [0.25, 0.3) is 0 Å². The number of aromatic amines is 1. The van der Waals surface area contributed by atoms with Gasteiger partial charge in [-0.25, -0.2) is 9.18 Å². The SMILES string of the molecule is CCN(Cc1cccc(NC(=O)Nc2cc(C(F)(F)F)ccc2F)c1)c1c[nH]nc1C(N)=O. The molecule has 0 aliphatic rings. The van der Waals surface area contributed by atoms with Crippen molar-refractivity contribution in [3.63, 3.8) is 0 Å². The number of anilines is 3. The fourth-order valence-electron chi connectivity index (χ4n) is 3.12. The quantitative estimate of drug-likeness (QED) is 0.389. The maximum Gasteiger partial charge on any atom is 0.416 e. The molecule has 0 aliphatic carbocycles. The van der Waals surface area contributed by atoms with Crippen molar-refractivity contribution in [1.82, 2.24) is 10.2 Å². The summed E-state index contributed by atoms with van der Waals surface area (Å²) in [6.07, 6.45) is -3.13. The van der Waals surface area contributed by atoms with Crippen LogP contribution in [0.2, 0.25) is 0 Å². The molecule has 0 aliphatic heterocycles. The van der Waals surface area contributed by atoms with E-state index in [4.69, 9.17) is 5.73 Å². The molecule has 5 N–H and O–H groups in total. The number of halogens is 4. The first-order valence-electron chi connectivity index (χ1n) is 9.70. The van der Waals surface area contributed by atoms with Gasteiger partial charge < -0.3 is 21.3 Å². The fraction of sp³-hybridized carbons (Fsp3) is 0.190. The third kappa shape index (κ3) is 5.79. The van der Waals surface area contributed by atoms with E-state index in [-0.39, 0.29) is 5.69 Å². The second-order valence-corrected chi connectivity index (χ2v) is 6.97. The van der Waals surface area contributed by atoms with Gasteiger partial charge in [0.25, 0.3) is 5.91 Å². The van der Waals surface area contributed by atoms with Crippen molar-refractivity contribution in [2.75, 3.05) is 22.1 Å².